The molecule has 1 N–H and O–H groups in total. The molecule has 6 heteroatoms. The molecule has 0 bridgehead atoms. The number of aryl methyl sites for hydroxylation is 1. The van der Waals surface area contributed by atoms with Gasteiger partial charge >= 0.3 is 0 Å². The van der Waals surface area contributed by atoms with Crippen molar-refractivity contribution in [1.29, 1.82) is 0 Å². The minimum atomic E-state index is -3.19. The molecule has 1 heterocycles. The van der Waals surface area contributed by atoms with E-state index in [1.165, 1.54) is 17.6 Å². The normalized spacial score (nSPS) is 12.9. The number of amides is 1. The average Bonchev–Trinajstić information content (AvgIpc) is 2.84. The van der Waals surface area contributed by atoms with E-state index in [0.717, 1.165) is 10.4 Å². The van der Waals surface area contributed by atoms with E-state index in [4.69, 9.17) is 0 Å². The predicted molar refractivity (Wildman–Crippen MR) is 84.5 cm³/mol. The first-order chi connectivity index (χ1) is 9.77. The molecule has 0 aliphatic rings. The van der Waals surface area contributed by atoms with Gasteiger partial charge in [0.2, 0.25) is 0 Å². The van der Waals surface area contributed by atoms with Gasteiger partial charge in [-0.3, -0.25) is 4.79 Å². The minimum absolute atomic E-state index is 0.118. The first kappa shape index (κ1) is 15.7. The van der Waals surface area contributed by atoms with E-state index < -0.39 is 9.84 Å². The Kier molecular flexibility index (Phi) is 4.49. The zero-order chi connectivity index (χ0) is 15.6. The van der Waals surface area contributed by atoms with Crippen LogP contribution in [0.2, 0.25) is 0 Å². The van der Waals surface area contributed by atoms with Gasteiger partial charge in [-0.1, -0.05) is 12.1 Å². The molecule has 0 aliphatic heterocycles. The van der Waals surface area contributed by atoms with Gasteiger partial charge in [-0.05, 0) is 43.7 Å². The Morgan fingerprint density at radius 3 is 2.24 bits per heavy atom. The van der Waals surface area contributed by atoms with Crippen LogP contribution in [0.25, 0.3) is 0 Å². The zero-order valence-electron chi connectivity index (χ0n) is 12.1. The van der Waals surface area contributed by atoms with Gasteiger partial charge in [0.15, 0.2) is 9.84 Å². The van der Waals surface area contributed by atoms with Crippen LogP contribution < -0.4 is 5.32 Å². The standard InChI is InChI=1S/C15H17NO3S2/c1-10-4-9-14(20-10)15(17)16-11(2)12-5-7-13(8-6-12)21(3,18)19/h4-9,11H,1-3H3,(H,16,17). The monoisotopic (exact) mass is 323 g/mol. The molecular formula is C15H17NO3S2. The van der Waals surface area contributed by atoms with E-state index in [0.29, 0.717) is 4.88 Å². The fourth-order valence-electron chi connectivity index (χ4n) is 1.91. The summed E-state index contributed by atoms with van der Waals surface area (Å²) >= 11 is 1.45. The Labute approximate surface area is 128 Å². The van der Waals surface area contributed by atoms with Gasteiger partial charge in [0.05, 0.1) is 15.8 Å². The van der Waals surface area contributed by atoms with Crippen LogP contribution in [-0.2, 0) is 9.84 Å². The fraction of sp³-hybridized carbons (Fsp3) is 0.267. The van der Waals surface area contributed by atoms with Crippen molar-refractivity contribution in [2.24, 2.45) is 0 Å². The highest BCUT2D eigenvalue weighted by molar-refractivity contribution is 7.90. The number of carbonyl (C=O) groups excluding carboxylic acids is 1. The molecule has 0 spiro atoms. The second-order valence-corrected chi connectivity index (χ2v) is 8.25. The maximum absolute atomic E-state index is 12.1. The second-order valence-electron chi connectivity index (χ2n) is 4.95. The molecular weight excluding hydrogens is 306 g/mol. The van der Waals surface area contributed by atoms with E-state index in [1.807, 2.05) is 19.9 Å². The highest BCUT2D eigenvalue weighted by Gasteiger charge is 2.14. The van der Waals surface area contributed by atoms with Crippen LogP contribution in [0.4, 0.5) is 0 Å². The summed E-state index contributed by atoms with van der Waals surface area (Å²) in [5.74, 6) is -0.118. The van der Waals surface area contributed by atoms with Crippen molar-refractivity contribution < 1.29 is 13.2 Å². The lowest BCUT2D eigenvalue weighted by Crippen LogP contribution is -2.25. The van der Waals surface area contributed by atoms with Gasteiger partial charge in [-0.15, -0.1) is 11.3 Å². The smallest absolute Gasteiger partial charge is 0.261 e. The third kappa shape index (κ3) is 3.92. The molecule has 4 nitrogen and oxygen atoms in total. The van der Waals surface area contributed by atoms with Gasteiger partial charge < -0.3 is 5.32 Å². The Morgan fingerprint density at radius 2 is 1.76 bits per heavy atom. The van der Waals surface area contributed by atoms with Crippen molar-refractivity contribution in [2.75, 3.05) is 6.26 Å². The number of hydrogen-bond donors (Lipinski definition) is 1. The number of rotatable bonds is 4. The highest BCUT2D eigenvalue weighted by Crippen LogP contribution is 2.19. The van der Waals surface area contributed by atoms with Crippen LogP contribution >= 0.6 is 11.3 Å². The van der Waals surface area contributed by atoms with Crippen LogP contribution in [-0.4, -0.2) is 20.6 Å². The number of sulfone groups is 1. The van der Waals surface area contributed by atoms with Gasteiger partial charge in [0.1, 0.15) is 0 Å². The minimum Gasteiger partial charge on any atom is -0.345 e. The van der Waals surface area contributed by atoms with Crippen molar-refractivity contribution in [3.8, 4) is 0 Å². The van der Waals surface area contributed by atoms with Crippen LogP contribution in [0, 0.1) is 6.92 Å². The molecule has 1 amide bonds. The van der Waals surface area contributed by atoms with Crippen LogP contribution in [0.1, 0.15) is 33.1 Å². The molecule has 0 aliphatic carbocycles. The quantitative estimate of drug-likeness (QED) is 0.941. The summed E-state index contributed by atoms with van der Waals surface area (Å²) in [5, 5.41) is 2.91. The molecule has 0 saturated heterocycles. The lowest BCUT2D eigenvalue weighted by atomic mass is 10.1. The van der Waals surface area contributed by atoms with Gasteiger partial charge in [0.25, 0.3) is 5.91 Å². The van der Waals surface area contributed by atoms with Gasteiger partial charge in [-0.2, -0.15) is 0 Å². The Hall–Kier alpha value is -1.66. The van der Waals surface area contributed by atoms with Crippen molar-refractivity contribution >= 4 is 27.1 Å². The summed E-state index contributed by atoms with van der Waals surface area (Å²) in [6.45, 7) is 3.82. The molecule has 21 heavy (non-hydrogen) atoms. The van der Waals surface area contributed by atoms with Crippen LogP contribution in [0.3, 0.4) is 0 Å². The largest absolute Gasteiger partial charge is 0.345 e. The summed E-state index contributed by atoms with van der Waals surface area (Å²) in [7, 11) is -3.19. The number of benzene rings is 1. The number of carbonyl (C=O) groups is 1. The molecule has 112 valence electrons. The molecule has 2 rings (SSSR count). The Balaban J connectivity index is 2.10. The zero-order valence-corrected chi connectivity index (χ0v) is 13.7. The second kappa shape index (κ2) is 5.99. The van der Waals surface area contributed by atoms with E-state index in [2.05, 4.69) is 5.32 Å². The maximum atomic E-state index is 12.1. The van der Waals surface area contributed by atoms with Crippen LogP contribution in [0.15, 0.2) is 41.3 Å². The predicted octanol–water partition coefficient (Wildman–Crippen LogP) is 2.95. The molecule has 1 atom stereocenters. The lowest BCUT2D eigenvalue weighted by molar-refractivity contribution is 0.0944. The summed E-state index contributed by atoms with van der Waals surface area (Å²) in [5.41, 5.74) is 0.865. The van der Waals surface area contributed by atoms with Crippen LogP contribution in [0.5, 0.6) is 0 Å². The Morgan fingerprint density at radius 1 is 1.14 bits per heavy atom. The SMILES string of the molecule is Cc1ccc(C(=O)NC(C)c2ccc(S(C)(=O)=O)cc2)s1. The Bertz CT molecular complexity index is 745. The summed E-state index contributed by atoms with van der Waals surface area (Å²) in [6, 6.07) is 10.1. The van der Waals surface area contributed by atoms with Crippen molar-refractivity contribution in [1.82, 2.24) is 5.32 Å². The molecule has 2 aromatic rings. The number of hydrogen-bond acceptors (Lipinski definition) is 4. The van der Waals surface area contributed by atoms with E-state index in [9.17, 15) is 13.2 Å². The molecule has 1 unspecified atom stereocenters. The summed E-state index contributed by atoms with van der Waals surface area (Å²) in [4.78, 5) is 14.1. The molecule has 0 radical (unpaired) electrons. The molecule has 1 aromatic carbocycles. The van der Waals surface area contributed by atoms with Gasteiger partial charge in [-0.25, -0.2) is 8.42 Å². The highest BCUT2D eigenvalue weighted by atomic mass is 32.2. The molecule has 0 saturated carbocycles. The van der Waals surface area contributed by atoms with Gasteiger partial charge in [0, 0.05) is 11.1 Å². The van der Waals surface area contributed by atoms with E-state index >= 15 is 0 Å². The van der Waals surface area contributed by atoms with Crippen molar-refractivity contribution in [3.63, 3.8) is 0 Å². The first-order valence-corrected chi connectivity index (χ1v) is 9.15. The van der Waals surface area contributed by atoms with Crippen molar-refractivity contribution in [3.05, 3.63) is 51.7 Å². The number of nitrogens with one attached hydrogen (secondary N) is 1. The maximum Gasteiger partial charge on any atom is 0.261 e. The molecule has 0 fully saturated rings. The average molecular weight is 323 g/mol. The lowest BCUT2D eigenvalue weighted by Gasteiger charge is -2.14. The van der Waals surface area contributed by atoms with E-state index in [-0.39, 0.29) is 16.8 Å². The summed E-state index contributed by atoms with van der Waals surface area (Å²) in [6.07, 6.45) is 1.17. The fourth-order valence-corrected chi connectivity index (χ4v) is 3.31. The third-order valence-corrected chi connectivity index (χ3v) is 5.25. The van der Waals surface area contributed by atoms with E-state index in [1.54, 1.807) is 30.3 Å². The number of thiophene rings is 1. The third-order valence-electron chi connectivity index (χ3n) is 3.12. The summed E-state index contributed by atoms with van der Waals surface area (Å²) < 4.78 is 22.8. The topological polar surface area (TPSA) is 63.2 Å². The van der Waals surface area contributed by atoms with Crippen molar-refractivity contribution in [2.45, 2.75) is 24.8 Å². The first-order valence-electron chi connectivity index (χ1n) is 6.44. The molecule has 1 aromatic heterocycles.